The van der Waals surface area contributed by atoms with Gasteiger partial charge in [-0.15, -0.1) is 0 Å². The van der Waals surface area contributed by atoms with Crippen molar-refractivity contribution in [2.24, 2.45) is 0 Å². The third kappa shape index (κ3) is 3.65. The van der Waals surface area contributed by atoms with Crippen LogP contribution in [0.4, 0.5) is 0 Å². The first-order chi connectivity index (χ1) is 9.00. The summed E-state index contributed by atoms with van der Waals surface area (Å²) in [5.41, 5.74) is 3.21. The monoisotopic (exact) mass is 295 g/mol. The van der Waals surface area contributed by atoms with Crippen molar-refractivity contribution in [3.8, 4) is 0 Å². The van der Waals surface area contributed by atoms with Crippen LogP contribution in [0.25, 0.3) is 0 Å². The Labute approximate surface area is 142 Å². The fourth-order valence-corrected chi connectivity index (χ4v) is 3.53. The normalized spacial score (nSPS) is 10.7. The minimum atomic E-state index is -2.04. The molecule has 0 aliphatic heterocycles. The second-order valence-electron chi connectivity index (χ2n) is 4.71. The van der Waals surface area contributed by atoms with Crippen molar-refractivity contribution in [2.75, 3.05) is 0 Å². The van der Waals surface area contributed by atoms with E-state index in [1.54, 1.807) is 24.3 Å². The summed E-state index contributed by atoms with van der Waals surface area (Å²) in [7, 11) is -2.04. The number of hydrogen-bond acceptors (Lipinski definition) is 2. The van der Waals surface area contributed by atoms with Crippen molar-refractivity contribution in [2.45, 2.75) is 20.8 Å². The van der Waals surface area contributed by atoms with Gasteiger partial charge in [-0.3, -0.25) is 9.36 Å². The van der Waals surface area contributed by atoms with E-state index in [4.69, 9.17) is 0 Å². The van der Waals surface area contributed by atoms with Gasteiger partial charge in [-0.1, -0.05) is 35.9 Å². The Bertz CT molecular complexity index is 628. The van der Waals surface area contributed by atoms with E-state index >= 15 is 0 Å². The molecule has 2 nitrogen and oxygen atoms in total. The van der Waals surface area contributed by atoms with Gasteiger partial charge in [-0.25, -0.2) is 0 Å². The van der Waals surface area contributed by atoms with Crippen LogP contribution < -0.4 is 5.30 Å². The van der Waals surface area contributed by atoms with Gasteiger partial charge in [0.2, 0.25) is 5.52 Å². The number of hydrogen-bond donors (Lipinski definition) is 0. The summed E-state index contributed by atoms with van der Waals surface area (Å²) in [4.78, 5) is 12.4. The van der Waals surface area contributed by atoms with E-state index in [9.17, 15) is 9.36 Å². The zero-order chi connectivity index (χ0) is 14.0. The first kappa shape index (κ1) is 17.3. The SMILES string of the molecule is Cc1cc(C)c(C(=O)[P](=O)c2ccccc2)c(C)c1.[NaH]. The van der Waals surface area contributed by atoms with Crippen LogP contribution in [0, 0.1) is 20.8 Å². The number of aryl methyl sites for hydroxylation is 3. The van der Waals surface area contributed by atoms with Crippen molar-refractivity contribution in [1.29, 1.82) is 0 Å². The van der Waals surface area contributed by atoms with Crippen LogP contribution in [-0.4, -0.2) is 35.1 Å². The quantitative estimate of drug-likeness (QED) is 0.643. The Hall–Kier alpha value is -0.790. The Morgan fingerprint density at radius 1 is 0.950 bits per heavy atom. The van der Waals surface area contributed by atoms with Crippen LogP contribution in [0.5, 0.6) is 0 Å². The molecule has 4 heteroatoms. The van der Waals surface area contributed by atoms with Gasteiger partial charge in [0.15, 0.2) is 7.80 Å². The molecule has 0 heterocycles. The molecule has 1 radical (unpaired) electrons. The molecule has 2 rings (SSSR count). The van der Waals surface area contributed by atoms with E-state index in [1.165, 1.54) is 0 Å². The molecule has 20 heavy (non-hydrogen) atoms. The molecular weight excluding hydrogens is 278 g/mol. The molecule has 2 aromatic rings. The van der Waals surface area contributed by atoms with Gasteiger partial charge < -0.3 is 0 Å². The number of carbonyl (C=O) groups is 1. The summed E-state index contributed by atoms with van der Waals surface area (Å²) >= 11 is 0. The third-order valence-corrected chi connectivity index (χ3v) is 4.43. The van der Waals surface area contributed by atoms with Crippen LogP contribution in [0.3, 0.4) is 0 Å². The molecule has 0 aliphatic carbocycles. The van der Waals surface area contributed by atoms with Gasteiger partial charge in [-0.2, -0.15) is 0 Å². The summed E-state index contributed by atoms with van der Waals surface area (Å²) in [6, 6.07) is 12.8. The van der Waals surface area contributed by atoms with Gasteiger partial charge in [0.25, 0.3) is 0 Å². The van der Waals surface area contributed by atoms with Crippen LogP contribution in [0.1, 0.15) is 27.0 Å². The van der Waals surface area contributed by atoms with Crippen LogP contribution in [-0.2, 0) is 4.57 Å². The Morgan fingerprint density at radius 2 is 1.45 bits per heavy atom. The molecule has 0 amide bonds. The second kappa shape index (κ2) is 7.28. The molecule has 0 fully saturated rings. The van der Waals surface area contributed by atoms with Crippen LogP contribution in [0.15, 0.2) is 42.5 Å². The van der Waals surface area contributed by atoms with E-state index in [-0.39, 0.29) is 35.1 Å². The third-order valence-electron chi connectivity index (χ3n) is 3.07. The van der Waals surface area contributed by atoms with E-state index in [0.717, 1.165) is 16.7 Å². The molecule has 0 bridgehead atoms. The summed E-state index contributed by atoms with van der Waals surface area (Å²) < 4.78 is 12.3. The molecule has 0 aromatic heterocycles. The zero-order valence-corrected chi connectivity index (χ0v) is 12.2. The van der Waals surface area contributed by atoms with Crippen molar-refractivity contribution in [3.63, 3.8) is 0 Å². The fourth-order valence-electron chi connectivity index (χ4n) is 2.30. The van der Waals surface area contributed by atoms with Gasteiger partial charge >= 0.3 is 29.6 Å². The Kier molecular flexibility index (Phi) is 6.29. The number of rotatable bonds is 3. The predicted molar refractivity (Wildman–Crippen MR) is 85.8 cm³/mol. The molecule has 2 aromatic carbocycles. The van der Waals surface area contributed by atoms with Crippen molar-refractivity contribution in [1.82, 2.24) is 0 Å². The standard InChI is InChI=1S/C16H16O2P.Na.H/c1-11-9-12(2)15(13(3)10-11)16(17)19(18)14-7-5-4-6-8-14;;/h4-10H,1-3H3;;. The van der Waals surface area contributed by atoms with E-state index < -0.39 is 7.80 Å². The van der Waals surface area contributed by atoms with Gasteiger partial charge in [0.1, 0.15) is 0 Å². The molecular formula is C16H17NaO2P. The second-order valence-corrected chi connectivity index (χ2v) is 6.22. The first-order valence-corrected chi connectivity index (χ1v) is 7.41. The van der Waals surface area contributed by atoms with E-state index in [1.807, 2.05) is 39.0 Å². The van der Waals surface area contributed by atoms with Gasteiger partial charge in [0.05, 0.1) is 0 Å². The molecule has 0 saturated carbocycles. The van der Waals surface area contributed by atoms with Crippen molar-refractivity contribution < 1.29 is 9.36 Å². The van der Waals surface area contributed by atoms with Gasteiger partial charge in [-0.05, 0) is 44.0 Å². The van der Waals surface area contributed by atoms with Crippen molar-refractivity contribution >= 4 is 48.2 Å². The van der Waals surface area contributed by atoms with Crippen LogP contribution >= 0.6 is 7.80 Å². The maximum atomic E-state index is 12.4. The molecule has 0 N–H and O–H groups in total. The number of benzene rings is 2. The van der Waals surface area contributed by atoms with E-state index in [0.29, 0.717) is 10.9 Å². The summed E-state index contributed by atoms with van der Waals surface area (Å²) in [5, 5.41) is 0.585. The molecule has 99 valence electrons. The molecule has 1 atom stereocenters. The van der Waals surface area contributed by atoms with E-state index in [2.05, 4.69) is 0 Å². The molecule has 0 spiro atoms. The number of carbonyl (C=O) groups excluding carboxylic acids is 1. The zero-order valence-electron chi connectivity index (χ0n) is 11.3. The summed E-state index contributed by atoms with van der Waals surface area (Å²) in [6.07, 6.45) is 0. The van der Waals surface area contributed by atoms with Crippen LogP contribution in [0.2, 0.25) is 0 Å². The van der Waals surface area contributed by atoms with Crippen molar-refractivity contribution in [3.05, 3.63) is 64.7 Å². The fraction of sp³-hybridized carbons (Fsp3) is 0.188. The topological polar surface area (TPSA) is 34.1 Å². The average molecular weight is 295 g/mol. The minimum absolute atomic E-state index is 0. The average Bonchev–Trinajstić information content (AvgIpc) is 2.37. The maximum absolute atomic E-state index is 12.4. The van der Waals surface area contributed by atoms with Gasteiger partial charge in [0, 0.05) is 10.9 Å². The molecule has 1 unspecified atom stereocenters. The Balaban J connectivity index is 0.00000200. The first-order valence-electron chi connectivity index (χ1n) is 6.15. The molecule has 0 aliphatic rings. The summed E-state index contributed by atoms with van der Waals surface area (Å²) in [5.74, 6) is 0. The molecule has 0 saturated heterocycles. The predicted octanol–water partition coefficient (Wildman–Crippen LogP) is 3.26. The Morgan fingerprint density at radius 3 is 1.95 bits per heavy atom. The summed E-state index contributed by atoms with van der Waals surface area (Å²) in [6.45, 7) is 5.77.